The van der Waals surface area contributed by atoms with E-state index in [4.69, 9.17) is 22.1 Å². The molecule has 142 valence electrons. The molecule has 0 aromatic heterocycles. The van der Waals surface area contributed by atoms with E-state index in [2.05, 4.69) is 0 Å². The molecule has 0 radical (unpaired) electrons. The zero-order valence-electron chi connectivity index (χ0n) is 15.0. The molecule has 2 aliphatic rings. The maximum absolute atomic E-state index is 12.0. The van der Waals surface area contributed by atoms with Crippen molar-refractivity contribution in [3.8, 4) is 5.75 Å². The summed E-state index contributed by atoms with van der Waals surface area (Å²) in [4.78, 5) is 0. The molecule has 28 heavy (non-hydrogen) atoms. The molecule has 4 N–H and O–H groups in total. The van der Waals surface area contributed by atoms with Gasteiger partial charge in [0.1, 0.15) is 5.75 Å². The van der Waals surface area contributed by atoms with Crippen molar-refractivity contribution >= 4 is 17.3 Å². The second-order valence-corrected chi connectivity index (χ2v) is 8.02. The average Bonchev–Trinajstić information content (AvgIpc) is 3.09. The molecule has 5 heteroatoms. The number of ether oxygens (including phenoxy) is 1. The Balaban J connectivity index is 1.80. The van der Waals surface area contributed by atoms with Crippen LogP contribution in [0.15, 0.2) is 72.8 Å². The summed E-state index contributed by atoms with van der Waals surface area (Å²) in [6.07, 6.45) is -0.634. The third-order valence-electron chi connectivity index (χ3n) is 6.16. The zero-order chi connectivity index (χ0) is 19.5. The molecule has 0 bridgehead atoms. The molecule has 1 aliphatic carbocycles. The largest absolute Gasteiger partial charge is 0.478 e. The van der Waals surface area contributed by atoms with Gasteiger partial charge in [0.2, 0.25) is 0 Å². The van der Waals surface area contributed by atoms with Gasteiger partial charge in [0.15, 0.2) is 11.2 Å². The van der Waals surface area contributed by atoms with Gasteiger partial charge in [-0.15, -0.1) is 0 Å². The Morgan fingerprint density at radius 3 is 2.43 bits per heavy atom. The van der Waals surface area contributed by atoms with Crippen LogP contribution in [0.4, 0.5) is 5.69 Å². The van der Waals surface area contributed by atoms with Gasteiger partial charge in [-0.25, -0.2) is 0 Å². The van der Waals surface area contributed by atoms with Crippen molar-refractivity contribution < 1.29 is 14.9 Å². The summed E-state index contributed by atoms with van der Waals surface area (Å²) in [5.74, 6) is 0.237. The van der Waals surface area contributed by atoms with Crippen LogP contribution in [0.5, 0.6) is 5.75 Å². The lowest BCUT2D eigenvalue weighted by Crippen LogP contribution is -2.51. The van der Waals surface area contributed by atoms with Gasteiger partial charge in [-0.2, -0.15) is 0 Å². The summed E-state index contributed by atoms with van der Waals surface area (Å²) < 4.78 is 6.53. The van der Waals surface area contributed by atoms with Crippen LogP contribution in [-0.2, 0) is 11.2 Å². The summed E-state index contributed by atoms with van der Waals surface area (Å²) in [6, 6.07) is 22.3. The first kappa shape index (κ1) is 17.6. The van der Waals surface area contributed by atoms with Gasteiger partial charge in [-0.1, -0.05) is 60.1 Å². The molecular weight excluding hydrogens is 374 g/mol. The van der Waals surface area contributed by atoms with E-state index in [0.717, 1.165) is 11.1 Å². The minimum atomic E-state index is -1.61. The van der Waals surface area contributed by atoms with Crippen molar-refractivity contribution in [2.45, 2.75) is 29.6 Å². The van der Waals surface area contributed by atoms with Crippen molar-refractivity contribution in [3.63, 3.8) is 0 Å². The quantitative estimate of drug-likeness (QED) is 0.576. The molecule has 0 spiro atoms. The molecule has 1 saturated carbocycles. The molecule has 3 aromatic carbocycles. The number of nitrogen functional groups attached to an aromatic ring is 1. The van der Waals surface area contributed by atoms with Gasteiger partial charge in [-0.3, -0.25) is 0 Å². The fraction of sp³-hybridized carbons (Fsp3) is 0.217. The number of rotatable bonds is 2. The molecule has 1 aliphatic heterocycles. The van der Waals surface area contributed by atoms with Crippen molar-refractivity contribution in [1.82, 2.24) is 0 Å². The Hall–Kier alpha value is -2.53. The van der Waals surface area contributed by atoms with E-state index in [1.54, 1.807) is 30.3 Å². The van der Waals surface area contributed by atoms with Crippen molar-refractivity contribution in [3.05, 3.63) is 94.5 Å². The number of anilines is 1. The first-order chi connectivity index (χ1) is 13.5. The number of hydrogen-bond acceptors (Lipinski definition) is 4. The summed E-state index contributed by atoms with van der Waals surface area (Å²) >= 11 is 6.12. The van der Waals surface area contributed by atoms with Gasteiger partial charge in [0.25, 0.3) is 0 Å². The molecule has 0 unspecified atom stereocenters. The fourth-order valence-electron chi connectivity index (χ4n) is 4.95. The van der Waals surface area contributed by atoms with Crippen molar-refractivity contribution in [2.24, 2.45) is 0 Å². The Morgan fingerprint density at radius 2 is 1.71 bits per heavy atom. The molecule has 4 nitrogen and oxygen atoms in total. The van der Waals surface area contributed by atoms with Crippen molar-refractivity contribution in [2.75, 3.05) is 5.73 Å². The van der Waals surface area contributed by atoms with E-state index in [9.17, 15) is 10.2 Å². The molecule has 1 fully saturated rings. The number of nitrogens with two attached hydrogens (primary N) is 1. The molecule has 1 heterocycles. The van der Waals surface area contributed by atoms with Gasteiger partial charge in [0, 0.05) is 28.3 Å². The summed E-state index contributed by atoms with van der Waals surface area (Å²) in [5, 5.41) is 23.7. The van der Waals surface area contributed by atoms with Crippen LogP contribution >= 0.6 is 11.6 Å². The van der Waals surface area contributed by atoms with Crippen LogP contribution in [-0.4, -0.2) is 16.3 Å². The minimum absolute atomic E-state index is 0.261. The van der Waals surface area contributed by atoms with E-state index < -0.39 is 17.3 Å². The van der Waals surface area contributed by atoms with Crippen LogP contribution in [0.3, 0.4) is 0 Å². The highest BCUT2D eigenvalue weighted by Crippen LogP contribution is 2.66. The zero-order valence-corrected chi connectivity index (χ0v) is 15.8. The summed E-state index contributed by atoms with van der Waals surface area (Å²) in [6.45, 7) is 0. The van der Waals surface area contributed by atoms with Gasteiger partial charge in [-0.05, 0) is 35.7 Å². The van der Waals surface area contributed by atoms with E-state index >= 15 is 0 Å². The molecule has 0 saturated heterocycles. The normalized spacial score (nSPS) is 30.5. The maximum Gasteiger partial charge on any atom is 0.176 e. The SMILES string of the molecule is Nc1ccc2c(c1)O[C@]1(c3ccc(Cl)cc3)[C@@H](c3ccccc3)C[C@H](O)[C@]21O. The Labute approximate surface area is 168 Å². The monoisotopic (exact) mass is 393 g/mol. The van der Waals surface area contributed by atoms with Crippen molar-refractivity contribution in [1.29, 1.82) is 0 Å². The number of aliphatic hydroxyl groups excluding tert-OH is 1. The van der Waals surface area contributed by atoms with E-state index in [1.807, 2.05) is 42.5 Å². The number of benzene rings is 3. The van der Waals surface area contributed by atoms with E-state index in [0.29, 0.717) is 28.4 Å². The Morgan fingerprint density at radius 1 is 1.00 bits per heavy atom. The third-order valence-corrected chi connectivity index (χ3v) is 6.41. The smallest absolute Gasteiger partial charge is 0.176 e. The van der Waals surface area contributed by atoms with Crippen LogP contribution in [0.1, 0.15) is 29.0 Å². The van der Waals surface area contributed by atoms with Crippen LogP contribution in [0.2, 0.25) is 5.02 Å². The topological polar surface area (TPSA) is 75.7 Å². The summed E-state index contributed by atoms with van der Waals surface area (Å²) in [5.41, 5.74) is 6.03. The first-order valence-electron chi connectivity index (χ1n) is 9.27. The lowest BCUT2D eigenvalue weighted by Gasteiger charge is -2.40. The minimum Gasteiger partial charge on any atom is -0.478 e. The molecule has 4 atom stereocenters. The molecular formula is C23H20ClNO3. The Kier molecular flexibility index (Phi) is 3.75. The molecule has 0 amide bonds. The fourth-order valence-corrected chi connectivity index (χ4v) is 5.07. The predicted molar refractivity (Wildman–Crippen MR) is 108 cm³/mol. The Bertz CT molecular complexity index is 1040. The maximum atomic E-state index is 12.0. The van der Waals surface area contributed by atoms with E-state index in [-0.39, 0.29) is 5.92 Å². The molecule has 3 aromatic rings. The van der Waals surface area contributed by atoms with Crippen LogP contribution in [0, 0.1) is 0 Å². The van der Waals surface area contributed by atoms with Crippen LogP contribution < -0.4 is 10.5 Å². The predicted octanol–water partition coefficient (Wildman–Crippen LogP) is 3.95. The van der Waals surface area contributed by atoms with Gasteiger partial charge in [0.05, 0.1) is 6.10 Å². The highest BCUT2D eigenvalue weighted by molar-refractivity contribution is 6.30. The summed E-state index contributed by atoms with van der Waals surface area (Å²) in [7, 11) is 0. The van der Waals surface area contributed by atoms with Gasteiger partial charge < -0.3 is 20.7 Å². The highest BCUT2D eigenvalue weighted by Gasteiger charge is 2.72. The standard InChI is InChI=1S/C23H20ClNO3/c24-16-8-6-15(7-9-16)23-19(14-4-2-1-3-5-14)13-21(26)22(23,27)18-11-10-17(25)12-20(18)28-23/h1-12,19,21,26-27H,13,25H2/t19-,21+,22-,23-/m1/s1. The molecule has 5 rings (SSSR count). The second-order valence-electron chi connectivity index (χ2n) is 7.58. The number of hydrogen-bond donors (Lipinski definition) is 3. The van der Waals surface area contributed by atoms with Crippen LogP contribution in [0.25, 0.3) is 0 Å². The average molecular weight is 394 g/mol. The number of halogens is 1. The number of fused-ring (bicyclic) bond motifs is 3. The lowest BCUT2D eigenvalue weighted by atomic mass is 9.71. The highest BCUT2D eigenvalue weighted by atomic mass is 35.5. The van der Waals surface area contributed by atoms with Gasteiger partial charge >= 0.3 is 0 Å². The number of aliphatic hydroxyl groups is 2. The third kappa shape index (κ3) is 2.14. The van der Waals surface area contributed by atoms with E-state index in [1.165, 1.54) is 0 Å². The second kappa shape index (κ2) is 5.98. The first-order valence-corrected chi connectivity index (χ1v) is 9.65. The lowest BCUT2D eigenvalue weighted by molar-refractivity contribution is -0.149.